The van der Waals surface area contributed by atoms with Gasteiger partial charge in [0.2, 0.25) is 0 Å². The van der Waals surface area contributed by atoms with E-state index in [0.29, 0.717) is 18.6 Å². The molecule has 82 valence electrons. The van der Waals surface area contributed by atoms with Crippen LogP contribution in [0, 0.1) is 0 Å². The van der Waals surface area contributed by atoms with Crippen molar-refractivity contribution < 1.29 is 22.5 Å². The Balaban J connectivity index is 3.25. The van der Waals surface area contributed by atoms with Gasteiger partial charge in [0.25, 0.3) is 10.1 Å². The molecule has 0 spiro atoms. The molecule has 0 aliphatic carbocycles. The summed E-state index contributed by atoms with van der Waals surface area (Å²) in [5, 5.41) is 0. The summed E-state index contributed by atoms with van der Waals surface area (Å²) >= 11 is 0. The predicted octanol–water partition coefficient (Wildman–Crippen LogP) is 1.14. The van der Waals surface area contributed by atoms with Gasteiger partial charge in [-0.3, -0.25) is 9.35 Å². The molecule has 0 fully saturated rings. The van der Waals surface area contributed by atoms with Gasteiger partial charge in [0.1, 0.15) is 5.75 Å². The number of hydrogen-bond acceptors (Lipinski definition) is 4. The number of carbonyl (C=O) groups is 1. The molecule has 0 aliphatic rings. The van der Waals surface area contributed by atoms with Crippen molar-refractivity contribution in [1.82, 2.24) is 0 Å². The van der Waals surface area contributed by atoms with Crippen LogP contribution >= 0.6 is 0 Å². The zero-order valence-corrected chi connectivity index (χ0v) is 8.82. The van der Waals surface area contributed by atoms with Crippen molar-refractivity contribution in [3.8, 4) is 5.75 Å². The van der Waals surface area contributed by atoms with E-state index >= 15 is 0 Å². The lowest BCUT2D eigenvalue weighted by molar-refractivity contribution is 0.111. The second-order valence-electron chi connectivity index (χ2n) is 2.73. The summed E-state index contributed by atoms with van der Waals surface area (Å²) in [7, 11) is -4.28. The molecule has 6 heteroatoms. The van der Waals surface area contributed by atoms with Crippen molar-refractivity contribution in [3.05, 3.63) is 23.8 Å². The number of benzene rings is 1. The molecule has 0 heterocycles. The van der Waals surface area contributed by atoms with Gasteiger partial charge in [0.15, 0.2) is 6.29 Å². The third kappa shape index (κ3) is 2.77. The normalized spacial score (nSPS) is 11.1. The van der Waals surface area contributed by atoms with E-state index in [4.69, 9.17) is 9.29 Å². The van der Waals surface area contributed by atoms with Crippen molar-refractivity contribution in [2.24, 2.45) is 0 Å². The smallest absolute Gasteiger partial charge is 0.294 e. The van der Waals surface area contributed by atoms with Crippen LogP contribution in [-0.4, -0.2) is 25.9 Å². The van der Waals surface area contributed by atoms with Gasteiger partial charge in [-0.05, 0) is 25.1 Å². The minimum Gasteiger partial charge on any atom is -0.493 e. The van der Waals surface area contributed by atoms with Gasteiger partial charge in [-0.15, -0.1) is 0 Å². The fourth-order valence-corrected chi connectivity index (χ4v) is 1.58. The molecule has 5 nitrogen and oxygen atoms in total. The topological polar surface area (TPSA) is 80.7 Å². The maximum absolute atomic E-state index is 10.8. The van der Waals surface area contributed by atoms with Gasteiger partial charge >= 0.3 is 0 Å². The van der Waals surface area contributed by atoms with Crippen LogP contribution in [-0.2, 0) is 10.1 Å². The first-order chi connectivity index (χ1) is 6.99. The Morgan fingerprint density at radius 2 is 2.13 bits per heavy atom. The van der Waals surface area contributed by atoms with Crippen LogP contribution < -0.4 is 4.74 Å². The van der Waals surface area contributed by atoms with Gasteiger partial charge in [0.05, 0.1) is 17.1 Å². The van der Waals surface area contributed by atoms with Gasteiger partial charge in [0, 0.05) is 0 Å². The van der Waals surface area contributed by atoms with E-state index in [1.54, 1.807) is 6.92 Å². The molecule has 0 aromatic heterocycles. The second kappa shape index (κ2) is 4.41. The molecule has 0 radical (unpaired) electrons. The second-order valence-corrected chi connectivity index (χ2v) is 4.15. The van der Waals surface area contributed by atoms with Gasteiger partial charge < -0.3 is 4.74 Å². The molecule has 1 aromatic rings. The first kappa shape index (κ1) is 11.7. The third-order valence-electron chi connectivity index (χ3n) is 1.71. The Morgan fingerprint density at radius 1 is 1.47 bits per heavy atom. The van der Waals surface area contributed by atoms with Crippen LogP contribution in [0.1, 0.15) is 17.3 Å². The van der Waals surface area contributed by atoms with Crippen molar-refractivity contribution >= 4 is 16.4 Å². The molecule has 1 aromatic carbocycles. The molecule has 0 aliphatic heterocycles. The molecule has 0 unspecified atom stereocenters. The van der Waals surface area contributed by atoms with Crippen LogP contribution in [0.5, 0.6) is 5.75 Å². The summed E-state index contributed by atoms with van der Waals surface area (Å²) in [5.41, 5.74) is 0.0898. The number of aldehydes is 1. The Hall–Kier alpha value is -1.40. The summed E-state index contributed by atoms with van der Waals surface area (Å²) in [6, 6.07) is 3.57. The molecule has 0 atom stereocenters. The fraction of sp³-hybridized carbons (Fsp3) is 0.222. The van der Waals surface area contributed by atoms with Crippen molar-refractivity contribution in [1.29, 1.82) is 0 Å². The van der Waals surface area contributed by atoms with Crippen LogP contribution in [0.2, 0.25) is 0 Å². The average Bonchev–Trinajstić information content (AvgIpc) is 2.17. The molecular formula is C9H10O5S. The first-order valence-electron chi connectivity index (χ1n) is 4.18. The summed E-state index contributed by atoms with van der Waals surface area (Å²) in [4.78, 5) is 10.3. The fourth-order valence-electron chi connectivity index (χ4n) is 1.07. The van der Waals surface area contributed by atoms with Gasteiger partial charge in [-0.2, -0.15) is 8.42 Å². The highest BCUT2D eigenvalue weighted by molar-refractivity contribution is 7.85. The zero-order chi connectivity index (χ0) is 11.5. The number of carbonyl (C=O) groups excluding carboxylic acids is 1. The lowest BCUT2D eigenvalue weighted by Crippen LogP contribution is -2.01. The Morgan fingerprint density at radius 3 is 2.60 bits per heavy atom. The van der Waals surface area contributed by atoms with E-state index in [0.717, 1.165) is 6.07 Å². The quantitative estimate of drug-likeness (QED) is 0.619. The molecule has 1 N–H and O–H groups in total. The minimum absolute atomic E-state index is 0.0898. The summed E-state index contributed by atoms with van der Waals surface area (Å²) in [6.07, 6.45) is 0.472. The van der Waals surface area contributed by atoms with Gasteiger partial charge in [-0.1, -0.05) is 0 Å². The molecular weight excluding hydrogens is 220 g/mol. The molecule has 0 saturated carbocycles. The molecule has 0 bridgehead atoms. The summed E-state index contributed by atoms with van der Waals surface area (Å²) in [5.74, 6) is 0.292. The minimum atomic E-state index is -4.28. The van der Waals surface area contributed by atoms with Crippen molar-refractivity contribution in [2.45, 2.75) is 11.8 Å². The van der Waals surface area contributed by atoms with E-state index in [1.165, 1.54) is 12.1 Å². The maximum Gasteiger partial charge on any atom is 0.294 e. The van der Waals surface area contributed by atoms with E-state index in [-0.39, 0.29) is 10.5 Å². The van der Waals surface area contributed by atoms with Crippen LogP contribution in [0.15, 0.2) is 23.1 Å². The third-order valence-corrected chi connectivity index (χ3v) is 2.56. The Bertz CT molecular complexity index is 463. The molecule has 15 heavy (non-hydrogen) atoms. The molecule has 0 saturated heterocycles. The highest BCUT2D eigenvalue weighted by Crippen LogP contribution is 2.20. The van der Waals surface area contributed by atoms with Crippen LogP contribution in [0.25, 0.3) is 0 Å². The van der Waals surface area contributed by atoms with E-state index < -0.39 is 10.1 Å². The van der Waals surface area contributed by atoms with Gasteiger partial charge in [-0.25, -0.2) is 0 Å². The largest absolute Gasteiger partial charge is 0.493 e. The molecule has 1 rings (SSSR count). The highest BCUT2D eigenvalue weighted by atomic mass is 32.2. The summed E-state index contributed by atoms with van der Waals surface area (Å²) < 4.78 is 35.4. The van der Waals surface area contributed by atoms with E-state index in [9.17, 15) is 13.2 Å². The average molecular weight is 230 g/mol. The monoisotopic (exact) mass is 230 g/mol. The van der Waals surface area contributed by atoms with E-state index in [1.807, 2.05) is 0 Å². The Kier molecular flexibility index (Phi) is 3.43. The lowest BCUT2D eigenvalue weighted by Gasteiger charge is -2.06. The standard InChI is InChI=1S/C9H10O5S/c1-2-14-9-4-3-8(15(11,12)13)5-7(9)6-10/h3-6H,2H2,1H3,(H,11,12,13). The zero-order valence-electron chi connectivity index (χ0n) is 8.00. The van der Waals surface area contributed by atoms with Crippen molar-refractivity contribution in [3.63, 3.8) is 0 Å². The SMILES string of the molecule is CCOc1ccc(S(=O)(=O)O)cc1C=O. The first-order valence-corrected chi connectivity index (χ1v) is 5.62. The Labute approximate surface area is 87.4 Å². The van der Waals surface area contributed by atoms with Crippen molar-refractivity contribution in [2.75, 3.05) is 6.61 Å². The van der Waals surface area contributed by atoms with Crippen LogP contribution in [0.4, 0.5) is 0 Å². The van der Waals surface area contributed by atoms with E-state index in [2.05, 4.69) is 0 Å². The number of hydrogen-bond donors (Lipinski definition) is 1. The number of rotatable bonds is 4. The number of ether oxygens (including phenoxy) is 1. The highest BCUT2D eigenvalue weighted by Gasteiger charge is 2.12. The predicted molar refractivity (Wildman–Crippen MR) is 52.8 cm³/mol. The van der Waals surface area contributed by atoms with Crippen LogP contribution in [0.3, 0.4) is 0 Å². The molecule has 0 amide bonds. The maximum atomic E-state index is 10.8. The lowest BCUT2D eigenvalue weighted by atomic mass is 10.2. The summed E-state index contributed by atoms with van der Waals surface area (Å²) in [6.45, 7) is 2.11.